The summed E-state index contributed by atoms with van der Waals surface area (Å²) in [5.41, 5.74) is -4.26. The third kappa shape index (κ3) is 2.51. The van der Waals surface area contributed by atoms with Gasteiger partial charge in [-0.3, -0.25) is 4.79 Å². The molecule has 0 atom stereocenters. The number of carbonyl (C=O) groups excluding carboxylic acids is 1. The van der Waals surface area contributed by atoms with Gasteiger partial charge in [-0.2, -0.15) is 26.3 Å². The van der Waals surface area contributed by atoms with Gasteiger partial charge in [0, 0.05) is 0 Å². The van der Waals surface area contributed by atoms with E-state index in [0.717, 1.165) is 0 Å². The van der Waals surface area contributed by atoms with Crippen LogP contribution >= 0.6 is 0 Å². The van der Waals surface area contributed by atoms with Crippen molar-refractivity contribution in [3.05, 3.63) is 23.4 Å². The van der Waals surface area contributed by atoms with Crippen LogP contribution in [0.2, 0.25) is 0 Å². The third-order valence-corrected chi connectivity index (χ3v) is 1.38. The summed E-state index contributed by atoms with van der Waals surface area (Å²) in [6, 6.07) is 0. The fourth-order valence-electron chi connectivity index (χ4n) is 0.828. The lowest BCUT2D eigenvalue weighted by Crippen LogP contribution is -2.32. The second kappa shape index (κ2) is 3.28. The molecule has 1 aliphatic heterocycles. The van der Waals surface area contributed by atoms with E-state index in [4.69, 9.17) is 0 Å². The summed E-state index contributed by atoms with van der Waals surface area (Å²) in [6.45, 7) is 0. The van der Waals surface area contributed by atoms with Gasteiger partial charge in [-0.05, 0) is 6.08 Å². The Balaban J connectivity index is 3.27. The lowest BCUT2D eigenvalue weighted by molar-refractivity contribution is -0.129. The van der Waals surface area contributed by atoms with Crippen LogP contribution in [0.1, 0.15) is 0 Å². The number of carbonyl (C=O) groups is 1. The molecule has 0 saturated heterocycles. The van der Waals surface area contributed by atoms with Crippen molar-refractivity contribution in [3.63, 3.8) is 0 Å². The van der Waals surface area contributed by atoms with Crippen molar-refractivity contribution in [2.75, 3.05) is 0 Å². The van der Waals surface area contributed by atoms with Gasteiger partial charge in [0.15, 0.2) is 5.70 Å². The molecule has 1 amide bonds. The average Bonchev–Trinajstić information content (AvgIpc) is 2.00. The van der Waals surface area contributed by atoms with E-state index in [0.29, 0.717) is 0 Å². The van der Waals surface area contributed by atoms with Gasteiger partial charge < -0.3 is 0 Å². The molecule has 0 aromatic heterocycles. The second-order valence-corrected chi connectivity index (χ2v) is 2.46. The van der Waals surface area contributed by atoms with Gasteiger partial charge in [0.05, 0.1) is 11.6 Å². The Bertz CT molecular complexity index is 347. The molecule has 1 rings (SSSR count). The largest absolute Gasteiger partial charge is 0.434 e. The molecule has 0 aromatic rings. The van der Waals surface area contributed by atoms with Crippen LogP contribution in [0.15, 0.2) is 17.3 Å². The van der Waals surface area contributed by atoms with Crippen LogP contribution in [0.3, 0.4) is 0 Å². The average molecular weight is 229 g/mol. The summed E-state index contributed by atoms with van der Waals surface area (Å²) < 4.78 is 72.3. The lowest BCUT2D eigenvalue weighted by Gasteiger charge is -2.18. The molecule has 0 spiro atoms. The Kier molecular flexibility index (Phi) is 2.54. The Morgan fingerprint density at radius 3 is 2.00 bits per heavy atom. The summed E-state index contributed by atoms with van der Waals surface area (Å²) in [7, 11) is 0. The third-order valence-electron chi connectivity index (χ3n) is 1.38. The van der Waals surface area contributed by atoms with Crippen molar-refractivity contribution in [2.24, 2.45) is 0 Å². The van der Waals surface area contributed by atoms with E-state index in [2.05, 4.69) is 5.32 Å². The maximum absolute atomic E-state index is 12.0. The first kappa shape index (κ1) is 11.6. The summed E-state index contributed by atoms with van der Waals surface area (Å²) in [4.78, 5) is 10.4. The number of hydrogen-bond donors (Lipinski definition) is 0. The van der Waals surface area contributed by atoms with Gasteiger partial charge in [-0.25, -0.2) is 5.32 Å². The van der Waals surface area contributed by atoms with Crippen molar-refractivity contribution in [2.45, 2.75) is 12.4 Å². The molecule has 0 fully saturated rings. The van der Waals surface area contributed by atoms with E-state index < -0.39 is 29.5 Å². The van der Waals surface area contributed by atoms with E-state index in [1.54, 1.807) is 0 Å². The highest BCUT2D eigenvalue weighted by Crippen LogP contribution is 2.37. The Morgan fingerprint density at radius 2 is 1.60 bits per heavy atom. The topological polar surface area (TPSA) is 31.2 Å². The van der Waals surface area contributed by atoms with E-state index in [-0.39, 0.29) is 6.08 Å². The van der Waals surface area contributed by atoms with Gasteiger partial charge in [0.2, 0.25) is 0 Å². The molecule has 0 saturated carbocycles. The zero-order valence-corrected chi connectivity index (χ0v) is 6.70. The molecule has 0 N–H and O–H groups in total. The predicted molar refractivity (Wildman–Crippen MR) is 34.1 cm³/mol. The van der Waals surface area contributed by atoms with Crippen LogP contribution in [-0.4, -0.2) is 18.3 Å². The molecule has 8 heteroatoms. The normalized spacial score (nSPS) is 18.1. The van der Waals surface area contributed by atoms with Crippen molar-refractivity contribution >= 4 is 5.91 Å². The monoisotopic (exact) mass is 229 g/mol. The van der Waals surface area contributed by atoms with Gasteiger partial charge in [-0.1, -0.05) is 0 Å². The smallest absolute Gasteiger partial charge is 0.267 e. The predicted octanol–water partition coefficient (Wildman–Crippen LogP) is 1.87. The zero-order chi connectivity index (χ0) is 11.9. The molecule has 1 aliphatic rings. The fraction of sp³-hybridized carbons (Fsp3) is 0.286. The van der Waals surface area contributed by atoms with E-state index >= 15 is 0 Å². The van der Waals surface area contributed by atoms with Crippen molar-refractivity contribution in [1.82, 2.24) is 5.32 Å². The van der Waals surface area contributed by atoms with Gasteiger partial charge >= 0.3 is 12.4 Å². The number of rotatable bonds is 0. The first-order chi connectivity index (χ1) is 6.62. The van der Waals surface area contributed by atoms with Crippen molar-refractivity contribution in [3.8, 4) is 0 Å². The van der Waals surface area contributed by atoms with Crippen LogP contribution in [0.4, 0.5) is 26.3 Å². The highest BCUT2D eigenvalue weighted by molar-refractivity contribution is 5.87. The number of amides is 1. The van der Waals surface area contributed by atoms with Gasteiger partial charge in [-0.15, -0.1) is 0 Å². The highest BCUT2D eigenvalue weighted by atomic mass is 19.4. The maximum Gasteiger partial charge on any atom is 0.434 e. The standard InChI is InChI=1S/C7HF6NO/c8-6(9,10)3-1-2-4(15)14-5(3)7(11,12)13/h1H. The number of halogens is 6. The second-order valence-electron chi connectivity index (χ2n) is 2.46. The summed E-state index contributed by atoms with van der Waals surface area (Å²) in [6.07, 6.45) is -9.17. The molecule has 2 nitrogen and oxygen atoms in total. The number of alkyl halides is 6. The van der Waals surface area contributed by atoms with Crippen LogP contribution in [0, 0.1) is 6.08 Å². The van der Waals surface area contributed by atoms with E-state index in [9.17, 15) is 31.1 Å². The molecule has 1 heterocycles. The minimum absolute atomic E-state index is 0.0574. The number of nitrogens with zero attached hydrogens (tertiary/aromatic N) is 1. The van der Waals surface area contributed by atoms with Gasteiger partial charge in [0.1, 0.15) is 0 Å². The first-order valence-electron chi connectivity index (χ1n) is 3.36. The van der Waals surface area contributed by atoms with Crippen LogP contribution in [0.25, 0.3) is 0 Å². The Hall–Kier alpha value is -1.47. The summed E-state index contributed by atoms with van der Waals surface area (Å²) >= 11 is 0. The van der Waals surface area contributed by atoms with Crippen molar-refractivity contribution in [1.29, 1.82) is 0 Å². The lowest BCUT2D eigenvalue weighted by atomic mass is 10.1. The molecule has 82 valence electrons. The van der Waals surface area contributed by atoms with Gasteiger partial charge in [0.25, 0.3) is 5.91 Å². The van der Waals surface area contributed by atoms with Crippen molar-refractivity contribution < 1.29 is 31.1 Å². The quantitative estimate of drug-likeness (QED) is 0.583. The Labute approximate surface area is 79.2 Å². The Morgan fingerprint density at radius 1 is 1.07 bits per heavy atom. The highest BCUT2D eigenvalue weighted by Gasteiger charge is 2.47. The molecule has 0 aromatic carbocycles. The SMILES string of the molecule is O=C1[C]=CC(C(F)(F)F)=C(C(F)(F)F)[N]1. The molecule has 15 heavy (non-hydrogen) atoms. The molecule has 2 radical (unpaired) electrons. The summed E-state index contributed by atoms with van der Waals surface area (Å²) in [5.74, 6) is -1.49. The molecular formula is C7HF6NO. The minimum atomic E-state index is -5.32. The molecular weight excluding hydrogens is 228 g/mol. The summed E-state index contributed by atoms with van der Waals surface area (Å²) in [5, 5.41) is 2.25. The molecule has 0 aliphatic carbocycles. The number of allylic oxidation sites excluding steroid dienone is 3. The molecule has 0 bridgehead atoms. The van der Waals surface area contributed by atoms with E-state index in [1.807, 2.05) is 0 Å². The minimum Gasteiger partial charge on any atom is -0.267 e. The van der Waals surface area contributed by atoms with Crippen LogP contribution in [0.5, 0.6) is 0 Å². The number of hydrogen-bond acceptors (Lipinski definition) is 1. The fourth-order valence-corrected chi connectivity index (χ4v) is 0.828. The zero-order valence-electron chi connectivity index (χ0n) is 6.70. The molecule has 0 unspecified atom stereocenters. The van der Waals surface area contributed by atoms with Crippen LogP contribution in [-0.2, 0) is 4.79 Å². The first-order valence-corrected chi connectivity index (χ1v) is 3.36. The van der Waals surface area contributed by atoms with E-state index in [1.165, 1.54) is 6.08 Å². The van der Waals surface area contributed by atoms with Crippen LogP contribution < -0.4 is 5.32 Å². The maximum atomic E-state index is 12.0.